The molecule has 0 unspecified atom stereocenters. The number of likely N-dealkylation sites (N-methyl/N-ethyl adjacent to an activating group) is 1. The van der Waals surface area contributed by atoms with Crippen LogP contribution in [0.25, 0.3) is 0 Å². The smallest absolute Gasteiger partial charge is 0.261 e. The number of anilines is 1. The lowest BCUT2D eigenvalue weighted by Crippen LogP contribution is -2.37. The van der Waals surface area contributed by atoms with E-state index in [1.165, 1.54) is 4.90 Å². The van der Waals surface area contributed by atoms with E-state index in [0.717, 1.165) is 5.69 Å². The van der Waals surface area contributed by atoms with Gasteiger partial charge in [0.2, 0.25) is 5.91 Å². The number of para-hydroxylation sites is 1. The van der Waals surface area contributed by atoms with Gasteiger partial charge in [-0.2, -0.15) is 0 Å². The van der Waals surface area contributed by atoms with E-state index in [1.54, 1.807) is 30.2 Å². The molecule has 3 atom stereocenters. The average Bonchev–Trinajstić information content (AvgIpc) is 3.12. The lowest BCUT2D eigenvalue weighted by atomic mass is 9.90. The Morgan fingerprint density at radius 3 is 2.42 bits per heavy atom. The summed E-state index contributed by atoms with van der Waals surface area (Å²) in [6, 6.07) is 14.0. The highest BCUT2D eigenvalue weighted by atomic mass is 35.5. The summed E-state index contributed by atoms with van der Waals surface area (Å²) in [6.07, 6.45) is -0.848. The van der Waals surface area contributed by atoms with Gasteiger partial charge < -0.3 is 0 Å². The number of halogens is 2. The largest absolute Gasteiger partial charge is 0.280 e. The van der Waals surface area contributed by atoms with Gasteiger partial charge in [-0.3, -0.25) is 19.3 Å². The Labute approximate surface area is 161 Å². The minimum Gasteiger partial charge on any atom is -0.280 e. The van der Waals surface area contributed by atoms with Gasteiger partial charge in [0.15, 0.2) is 6.10 Å². The molecule has 2 amide bonds. The number of hydrogen-bond donors (Lipinski definition) is 0. The molecule has 2 aliphatic heterocycles. The minimum absolute atomic E-state index is 0.239. The molecular formula is C19H16Cl2N2O3. The molecular weight excluding hydrogens is 375 g/mol. The van der Waals surface area contributed by atoms with E-state index in [1.807, 2.05) is 30.3 Å². The van der Waals surface area contributed by atoms with E-state index in [4.69, 9.17) is 28.0 Å². The van der Waals surface area contributed by atoms with Crippen LogP contribution in [0.2, 0.25) is 10.0 Å². The van der Waals surface area contributed by atoms with Gasteiger partial charge in [0, 0.05) is 16.6 Å². The van der Waals surface area contributed by atoms with Crippen molar-refractivity contribution in [1.82, 2.24) is 4.90 Å². The van der Waals surface area contributed by atoms with E-state index < -0.39 is 18.1 Å². The summed E-state index contributed by atoms with van der Waals surface area (Å²) in [5.74, 6) is -1.20. The van der Waals surface area contributed by atoms with E-state index >= 15 is 0 Å². The Hall–Kier alpha value is -2.08. The first-order valence-electron chi connectivity index (χ1n) is 8.34. The maximum atomic E-state index is 12.9. The van der Waals surface area contributed by atoms with Crippen molar-refractivity contribution in [1.29, 1.82) is 0 Å². The summed E-state index contributed by atoms with van der Waals surface area (Å²) < 4.78 is 0. The Bertz CT molecular complexity index is 874. The average molecular weight is 391 g/mol. The minimum atomic E-state index is -0.848. The molecule has 4 rings (SSSR count). The molecule has 2 aromatic carbocycles. The molecule has 2 fully saturated rings. The summed E-state index contributed by atoms with van der Waals surface area (Å²) >= 11 is 12.5. The highest BCUT2D eigenvalue weighted by Crippen LogP contribution is 2.48. The number of rotatable bonds is 3. The molecule has 2 aliphatic rings. The van der Waals surface area contributed by atoms with Gasteiger partial charge in [-0.25, -0.2) is 5.06 Å². The molecule has 0 saturated carbocycles. The van der Waals surface area contributed by atoms with E-state index in [-0.39, 0.29) is 11.8 Å². The number of benzene rings is 2. The maximum Gasteiger partial charge on any atom is 0.261 e. The number of imide groups is 1. The van der Waals surface area contributed by atoms with E-state index in [0.29, 0.717) is 22.2 Å². The molecule has 7 heteroatoms. The van der Waals surface area contributed by atoms with Crippen LogP contribution in [-0.2, 0) is 14.4 Å². The zero-order chi connectivity index (χ0) is 18.4. The first-order chi connectivity index (χ1) is 12.5. The Balaban J connectivity index is 1.84. The second-order valence-corrected chi connectivity index (χ2v) is 7.09. The van der Waals surface area contributed by atoms with Crippen molar-refractivity contribution < 1.29 is 14.4 Å². The van der Waals surface area contributed by atoms with Crippen LogP contribution in [0.3, 0.4) is 0 Å². The molecule has 0 aliphatic carbocycles. The molecule has 26 heavy (non-hydrogen) atoms. The number of amides is 2. The summed E-state index contributed by atoms with van der Waals surface area (Å²) in [5, 5.41) is 2.56. The number of fused-ring (bicyclic) bond motifs is 1. The number of hydroxylamine groups is 1. The van der Waals surface area contributed by atoms with Crippen molar-refractivity contribution >= 4 is 40.7 Å². The third-order valence-electron chi connectivity index (χ3n) is 4.81. The lowest BCUT2D eigenvalue weighted by molar-refractivity contribution is -0.142. The van der Waals surface area contributed by atoms with Gasteiger partial charge in [0.1, 0.15) is 5.92 Å². The number of likely N-dealkylation sites (tertiary alicyclic amines) is 1. The third kappa shape index (κ3) is 2.58. The quantitative estimate of drug-likeness (QED) is 0.746. The number of nitrogens with zero attached hydrogens (tertiary/aromatic N) is 2. The fourth-order valence-electron chi connectivity index (χ4n) is 3.64. The molecule has 0 spiro atoms. The molecule has 0 aromatic heterocycles. The summed E-state index contributed by atoms with van der Waals surface area (Å²) in [4.78, 5) is 32.7. The van der Waals surface area contributed by atoms with E-state index in [9.17, 15) is 9.59 Å². The monoisotopic (exact) mass is 390 g/mol. The van der Waals surface area contributed by atoms with E-state index in [2.05, 4.69) is 0 Å². The van der Waals surface area contributed by atoms with Crippen LogP contribution in [0.5, 0.6) is 0 Å². The third-order valence-corrected chi connectivity index (χ3v) is 5.38. The van der Waals surface area contributed by atoms with Gasteiger partial charge >= 0.3 is 0 Å². The zero-order valence-corrected chi connectivity index (χ0v) is 15.4. The van der Waals surface area contributed by atoms with Gasteiger partial charge in [0.05, 0.1) is 11.7 Å². The van der Waals surface area contributed by atoms with Crippen LogP contribution in [-0.4, -0.2) is 29.4 Å². The van der Waals surface area contributed by atoms with Crippen molar-refractivity contribution in [2.45, 2.75) is 19.1 Å². The maximum absolute atomic E-state index is 12.9. The molecule has 5 nitrogen and oxygen atoms in total. The lowest BCUT2D eigenvalue weighted by Gasteiger charge is -2.29. The Morgan fingerprint density at radius 1 is 1.04 bits per heavy atom. The van der Waals surface area contributed by atoms with Crippen molar-refractivity contribution in [3.05, 3.63) is 64.1 Å². The topological polar surface area (TPSA) is 49.9 Å². The molecule has 0 bridgehead atoms. The molecule has 2 saturated heterocycles. The van der Waals surface area contributed by atoms with Crippen molar-refractivity contribution in [2.24, 2.45) is 5.92 Å². The highest BCUT2D eigenvalue weighted by Gasteiger charge is 2.59. The number of hydrogen-bond acceptors (Lipinski definition) is 4. The van der Waals surface area contributed by atoms with Crippen LogP contribution in [0.4, 0.5) is 5.69 Å². The Kier molecular flexibility index (Phi) is 4.39. The second-order valence-electron chi connectivity index (χ2n) is 6.24. The normalized spacial score (nSPS) is 25.1. The van der Waals surface area contributed by atoms with Gasteiger partial charge in [-0.15, -0.1) is 0 Å². The molecule has 0 N–H and O–H groups in total. The number of carbonyl (C=O) groups excluding carboxylic acids is 2. The molecule has 2 heterocycles. The highest BCUT2D eigenvalue weighted by molar-refractivity contribution is 6.35. The van der Waals surface area contributed by atoms with Crippen LogP contribution in [0.1, 0.15) is 18.5 Å². The summed E-state index contributed by atoms with van der Waals surface area (Å²) in [6.45, 7) is 2.09. The molecule has 0 radical (unpaired) electrons. The molecule has 134 valence electrons. The fourth-order valence-corrected chi connectivity index (χ4v) is 4.16. The van der Waals surface area contributed by atoms with Gasteiger partial charge in [-0.1, -0.05) is 47.5 Å². The second kappa shape index (κ2) is 6.58. The van der Waals surface area contributed by atoms with Crippen molar-refractivity contribution in [3.8, 4) is 0 Å². The van der Waals surface area contributed by atoms with Crippen molar-refractivity contribution in [3.63, 3.8) is 0 Å². The summed E-state index contributed by atoms with van der Waals surface area (Å²) in [7, 11) is 0. The van der Waals surface area contributed by atoms with Gasteiger partial charge in [0.25, 0.3) is 5.91 Å². The first kappa shape index (κ1) is 17.3. The molecule has 2 aromatic rings. The predicted molar refractivity (Wildman–Crippen MR) is 98.9 cm³/mol. The van der Waals surface area contributed by atoms with Gasteiger partial charge in [-0.05, 0) is 36.8 Å². The fraction of sp³-hybridized carbons (Fsp3) is 0.263. The van der Waals surface area contributed by atoms with Crippen LogP contribution < -0.4 is 5.06 Å². The number of carbonyl (C=O) groups is 2. The van der Waals surface area contributed by atoms with Crippen LogP contribution >= 0.6 is 23.2 Å². The standard InChI is InChI=1S/C19H16Cl2N2O3/c1-2-22-18(24)15-16(13-9-8-11(20)10-14(13)21)23(26-17(15)19(22)25)12-6-4-3-5-7-12/h3-10,15-17H,2H2,1H3/t15-,16+,17+/m1/s1. The SMILES string of the molecule is CCN1C(=O)[C@H]2[C@H](ON(c3ccccc3)[C@H]2c2ccc(Cl)cc2Cl)C1=O. The predicted octanol–water partition coefficient (Wildman–Crippen LogP) is 3.86. The summed E-state index contributed by atoms with van der Waals surface area (Å²) in [5.41, 5.74) is 1.45. The van der Waals surface area contributed by atoms with Crippen LogP contribution in [0, 0.1) is 5.92 Å². The zero-order valence-electron chi connectivity index (χ0n) is 13.9. The van der Waals surface area contributed by atoms with Crippen molar-refractivity contribution in [2.75, 3.05) is 11.6 Å². The Morgan fingerprint density at radius 2 is 1.77 bits per heavy atom. The van der Waals surface area contributed by atoms with Crippen LogP contribution in [0.15, 0.2) is 48.5 Å². The first-order valence-corrected chi connectivity index (χ1v) is 9.09.